The molecular weight excluding hydrogens is 403 g/mol. The second kappa shape index (κ2) is 10.7. The molecule has 0 fully saturated rings. The average molecular weight is 434 g/mol. The maximum absolute atomic E-state index is 5.41. The van der Waals surface area contributed by atoms with E-state index in [2.05, 4.69) is 51.7 Å². The molecule has 2 N–H and O–H groups in total. The molecule has 0 aliphatic carbocycles. The second-order valence-corrected chi connectivity index (χ2v) is 6.07. The average Bonchev–Trinajstić information content (AvgIpc) is 2.50. The number of rotatable bonds is 7. The maximum atomic E-state index is 5.41. The lowest BCUT2D eigenvalue weighted by Gasteiger charge is -2.24. The van der Waals surface area contributed by atoms with Gasteiger partial charge in [0.05, 0.1) is 12.1 Å². The van der Waals surface area contributed by atoms with Crippen molar-refractivity contribution in [2.24, 2.45) is 4.99 Å². The first-order valence-corrected chi connectivity index (χ1v) is 7.71. The number of guanidine groups is 1. The normalized spacial score (nSPS) is 11.7. The van der Waals surface area contributed by atoms with E-state index in [9.17, 15) is 0 Å². The van der Waals surface area contributed by atoms with Crippen LogP contribution in [0.15, 0.2) is 29.3 Å². The van der Waals surface area contributed by atoms with Crippen LogP contribution in [-0.2, 0) is 11.3 Å². The van der Waals surface area contributed by atoms with Crippen LogP contribution >= 0.6 is 24.0 Å². The molecule has 5 nitrogen and oxygen atoms in total. The fraction of sp³-hybridized carbons (Fsp3) is 0.588. The van der Waals surface area contributed by atoms with Gasteiger partial charge in [0, 0.05) is 40.0 Å². The van der Waals surface area contributed by atoms with E-state index in [4.69, 9.17) is 4.74 Å². The summed E-state index contributed by atoms with van der Waals surface area (Å²) >= 11 is 0. The monoisotopic (exact) mass is 434 g/mol. The van der Waals surface area contributed by atoms with Crippen molar-refractivity contribution in [3.8, 4) is 0 Å². The number of methoxy groups -OCH3 is 1. The van der Waals surface area contributed by atoms with E-state index in [0.717, 1.165) is 12.5 Å². The smallest absolute Gasteiger partial charge is 0.191 e. The number of hydrogen-bond donors (Lipinski definition) is 2. The second-order valence-electron chi connectivity index (χ2n) is 6.07. The Hall–Kier alpha value is -1.02. The van der Waals surface area contributed by atoms with Gasteiger partial charge in [0.15, 0.2) is 5.96 Å². The lowest BCUT2D eigenvalue weighted by Crippen LogP contribution is -2.45. The van der Waals surface area contributed by atoms with Crippen molar-refractivity contribution < 1.29 is 4.74 Å². The number of nitrogens with one attached hydrogen (secondary N) is 2. The lowest BCUT2D eigenvalue weighted by molar-refractivity contribution is 0.0268. The molecule has 0 atom stereocenters. The van der Waals surface area contributed by atoms with E-state index in [0.29, 0.717) is 13.1 Å². The minimum atomic E-state index is -0.219. The van der Waals surface area contributed by atoms with Crippen LogP contribution in [-0.4, -0.2) is 45.9 Å². The van der Waals surface area contributed by atoms with Crippen molar-refractivity contribution in [3.05, 3.63) is 29.8 Å². The van der Waals surface area contributed by atoms with Crippen molar-refractivity contribution >= 4 is 35.6 Å². The van der Waals surface area contributed by atoms with Crippen molar-refractivity contribution in [2.75, 3.05) is 39.2 Å². The molecule has 0 aliphatic heterocycles. The molecule has 0 aromatic heterocycles. The van der Waals surface area contributed by atoms with Gasteiger partial charge in [0.1, 0.15) is 0 Å². The Balaban J connectivity index is 0.00000484. The van der Waals surface area contributed by atoms with E-state index in [1.54, 1.807) is 7.11 Å². The van der Waals surface area contributed by atoms with E-state index in [1.165, 1.54) is 11.3 Å². The summed E-state index contributed by atoms with van der Waals surface area (Å²) in [6, 6.07) is 8.45. The van der Waals surface area contributed by atoms with Gasteiger partial charge in [-0.15, -0.1) is 24.0 Å². The number of benzene rings is 1. The van der Waals surface area contributed by atoms with E-state index >= 15 is 0 Å². The molecule has 0 aliphatic rings. The molecule has 0 amide bonds. The van der Waals surface area contributed by atoms with Crippen LogP contribution in [0.25, 0.3) is 0 Å². The first-order valence-electron chi connectivity index (χ1n) is 7.71. The summed E-state index contributed by atoms with van der Waals surface area (Å²) in [5.41, 5.74) is 2.16. The van der Waals surface area contributed by atoms with E-state index in [1.807, 2.05) is 27.9 Å². The zero-order valence-corrected chi connectivity index (χ0v) is 17.5. The van der Waals surface area contributed by atoms with Crippen molar-refractivity contribution in [1.29, 1.82) is 0 Å². The molecule has 0 saturated heterocycles. The summed E-state index contributed by atoms with van der Waals surface area (Å²) in [5, 5.41) is 6.57. The largest absolute Gasteiger partial charge is 0.378 e. The van der Waals surface area contributed by atoms with Crippen molar-refractivity contribution in [3.63, 3.8) is 0 Å². The molecular formula is C17H31IN4O. The van der Waals surface area contributed by atoms with E-state index < -0.39 is 0 Å². The highest BCUT2D eigenvalue weighted by Gasteiger charge is 2.16. The van der Waals surface area contributed by atoms with Crippen LogP contribution in [0.5, 0.6) is 0 Å². The third kappa shape index (κ3) is 8.41. The van der Waals surface area contributed by atoms with Gasteiger partial charge < -0.3 is 20.3 Å². The molecule has 6 heteroatoms. The van der Waals surface area contributed by atoms with Crippen LogP contribution < -0.4 is 15.5 Å². The molecule has 0 bridgehead atoms. The lowest BCUT2D eigenvalue weighted by atomic mass is 10.1. The number of nitrogens with zero attached hydrogens (tertiary/aromatic N) is 2. The van der Waals surface area contributed by atoms with Crippen LogP contribution in [0.4, 0.5) is 5.69 Å². The SMILES string of the molecule is CCNC(=NCc1ccc(N(C)C)cc1)NCC(C)(C)OC.I. The minimum Gasteiger partial charge on any atom is -0.378 e. The molecule has 0 unspecified atom stereocenters. The fourth-order valence-corrected chi connectivity index (χ4v) is 1.78. The molecule has 23 heavy (non-hydrogen) atoms. The first kappa shape index (κ1) is 22.0. The van der Waals surface area contributed by atoms with Gasteiger partial charge in [0.2, 0.25) is 0 Å². The van der Waals surface area contributed by atoms with Gasteiger partial charge in [0.25, 0.3) is 0 Å². The Bertz CT molecular complexity index is 472. The third-order valence-electron chi connectivity index (χ3n) is 3.45. The number of aliphatic imine (C=N–C) groups is 1. The first-order chi connectivity index (χ1) is 10.4. The molecule has 0 heterocycles. The summed E-state index contributed by atoms with van der Waals surface area (Å²) in [7, 11) is 5.80. The Kier molecular flexibility index (Phi) is 10.2. The maximum Gasteiger partial charge on any atom is 0.191 e. The summed E-state index contributed by atoms with van der Waals surface area (Å²) in [4.78, 5) is 6.71. The van der Waals surface area contributed by atoms with Crippen LogP contribution in [0.3, 0.4) is 0 Å². The van der Waals surface area contributed by atoms with E-state index in [-0.39, 0.29) is 29.6 Å². The summed E-state index contributed by atoms with van der Waals surface area (Å²) in [5.74, 6) is 0.810. The quantitative estimate of drug-likeness (QED) is 0.394. The Labute approximate surface area is 157 Å². The van der Waals surface area contributed by atoms with Gasteiger partial charge in [-0.05, 0) is 38.5 Å². The fourth-order valence-electron chi connectivity index (χ4n) is 1.78. The molecule has 1 rings (SSSR count). The van der Waals surface area contributed by atoms with Gasteiger partial charge in [-0.25, -0.2) is 4.99 Å². The molecule has 1 aromatic carbocycles. The Morgan fingerprint density at radius 1 is 1.17 bits per heavy atom. The van der Waals surface area contributed by atoms with Gasteiger partial charge >= 0.3 is 0 Å². The number of hydrogen-bond acceptors (Lipinski definition) is 3. The van der Waals surface area contributed by atoms with Gasteiger partial charge in [-0.3, -0.25) is 0 Å². The number of ether oxygens (including phenoxy) is 1. The molecule has 0 radical (unpaired) electrons. The predicted molar refractivity (Wildman–Crippen MR) is 110 cm³/mol. The van der Waals surface area contributed by atoms with Crippen molar-refractivity contribution in [2.45, 2.75) is 32.9 Å². The summed E-state index contributed by atoms with van der Waals surface area (Å²) in [6.07, 6.45) is 0. The van der Waals surface area contributed by atoms with Gasteiger partial charge in [-0.1, -0.05) is 12.1 Å². The summed E-state index contributed by atoms with van der Waals surface area (Å²) in [6.45, 7) is 8.34. The third-order valence-corrected chi connectivity index (χ3v) is 3.45. The zero-order valence-electron chi connectivity index (χ0n) is 15.1. The van der Waals surface area contributed by atoms with Crippen LogP contribution in [0.2, 0.25) is 0 Å². The minimum absolute atomic E-state index is 0. The number of anilines is 1. The molecule has 0 spiro atoms. The number of halogens is 1. The molecule has 1 aromatic rings. The Morgan fingerprint density at radius 3 is 2.26 bits per heavy atom. The van der Waals surface area contributed by atoms with Crippen LogP contribution in [0.1, 0.15) is 26.3 Å². The van der Waals surface area contributed by atoms with Crippen LogP contribution in [0, 0.1) is 0 Å². The predicted octanol–water partition coefficient (Wildman–Crippen LogP) is 2.85. The van der Waals surface area contributed by atoms with Gasteiger partial charge in [-0.2, -0.15) is 0 Å². The highest BCUT2D eigenvalue weighted by atomic mass is 127. The highest BCUT2D eigenvalue weighted by molar-refractivity contribution is 14.0. The Morgan fingerprint density at radius 2 is 1.78 bits per heavy atom. The summed E-state index contributed by atoms with van der Waals surface area (Å²) < 4.78 is 5.41. The molecule has 0 saturated carbocycles. The highest BCUT2D eigenvalue weighted by Crippen LogP contribution is 2.12. The van der Waals surface area contributed by atoms with Crippen molar-refractivity contribution in [1.82, 2.24) is 10.6 Å². The topological polar surface area (TPSA) is 48.9 Å². The zero-order chi connectivity index (χ0) is 16.6. The molecule has 132 valence electrons. The standard InChI is InChI=1S/C17H30N4O.HI/c1-7-18-16(20-13-17(2,3)22-6)19-12-14-8-10-15(11-9-14)21(4)5;/h8-11H,7,12-13H2,1-6H3,(H2,18,19,20);1H.